The Balaban J connectivity index is 1.64. The van der Waals surface area contributed by atoms with Gasteiger partial charge in [0.1, 0.15) is 6.17 Å². The minimum Gasteiger partial charge on any atom is -0.302 e. The summed E-state index contributed by atoms with van der Waals surface area (Å²) in [5.74, 6) is -0.782. The minimum absolute atomic E-state index is 0.278. The Kier molecular flexibility index (Phi) is 3.34. The molecule has 3 aromatic rings. The SMILES string of the molecule is Cc1ccncc1-c1ccc2nc(NC(=O)[C@H]3C[C@@H]3F)sc2c1. The van der Waals surface area contributed by atoms with Gasteiger partial charge in [0, 0.05) is 18.0 Å². The van der Waals surface area contributed by atoms with Crippen LogP contribution in [0.2, 0.25) is 0 Å². The van der Waals surface area contributed by atoms with Gasteiger partial charge in [-0.2, -0.15) is 0 Å². The summed E-state index contributed by atoms with van der Waals surface area (Å²) in [7, 11) is 0. The molecule has 6 heteroatoms. The molecule has 1 aliphatic rings. The van der Waals surface area contributed by atoms with Crippen LogP contribution in [-0.2, 0) is 4.79 Å². The number of benzene rings is 1. The van der Waals surface area contributed by atoms with Gasteiger partial charge in [-0.1, -0.05) is 17.4 Å². The monoisotopic (exact) mass is 327 g/mol. The molecule has 0 bridgehead atoms. The van der Waals surface area contributed by atoms with E-state index in [9.17, 15) is 9.18 Å². The molecule has 4 nitrogen and oxygen atoms in total. The molecular weight excluding hydrogens is 313 g/mol. The van der Waals surface area contributed by atoms with Crippen LogP contribution in [-0.4, -0.2) is 22.0 Å². The molecule has 2 heterocycles. The maximum absolute atomic E-state index is 12.9. The van der Waals surface area contributed by atoms with E-state index in [0.29, 0.717) is 11.6 Å². The van der Waals surface area contributed by atoms with Crippen molar-refractivity contribution in [2.24, 2.45) is 5.92 Å². The van der Waals surface area contributed by atoms with Gasteiger partial charge in [0.15, 0.2) is 5.13 Å². The van der Waals surface area contributed by atoms with E-state index in [1.54, 1.807) is 6.20 Å². The number of hydrogen-bond acceptors (Lipinski definition) is 4. The highest BCUT2D eigenvalue weighted by molar-refractivity contribution is 7.22. The summed E-state index contributed by atoms with van der Waals surface area (Å²) in [6, 6.07) is 7.94. The predicted molar refractivity (Wildman–Crippen MR) is 89.2 cm³/mol. The first-order valence-corrected chi connectivity index (χ1v) is 8.20. The minimum atomic E-state index is -0.996. The maximum Gasteiger partial charge on any atom is 0.232 e. The van der Waals surface area contributed by atoms with E-state index in [2.05, 4.69) is 15.3 Å². The fourth-order valence-electron chi connectivity index (χ4n) is 2.55. The fraction of sp³-hybridized carbons (Fsp3) is 0.235. The van der Waals surface area contributed by atoms with E-state index >= 15 is 0 Å². The third kappa shape index (κ3) is 2.70. The summed E-state index contributed by atoms with van der Waals surface area (Å²) >= 11 is 1.40. The third-order valence-corrected chi connectivity index (χ3v) is 4.95. The van der Waals surface area contributed by atoms with Crippen LogP contribution >= 0.6 is 11.3 Å². The summed E-state index contributed by atoms with van der Waals surface area (Å²) in [6.07, 6.45) is 2.94. The van der Waals surface area contributed by atoms with Gasteiger partial charge in [-0.25, -0.2) is 9.37 Å². The number of carbonyl (C=O) groups is 1. The van der Waals surface area contributed by atoms with Crippen LogP contribution in [0.4, 0.5) is 9.52 Å². The Morgan fingerprint density at radius 1 is 1.39 bits per heavy atom. The van der Waals surface area contributed by atoms with Gasteiger partial charge in [0.25, 0.3) is 0 Å². The van der Waals surface area contributed by atoms with Gasteiger partial charge in [0.2, 0.25) is 5.91 Å². The molecular formula is C17H14FN3OS. The van der Waals surface area contributed by atoms with Gasteiger partial charge in [0.05, 0.1) is 16.1 Å². The van der Waals surface area contributed by atoms with Crippen molar-refractivity contribution in [3.63, 3.8) is 0 Å². The van der Waals surface area contributed by atoms with Crippen molar-refractivity contribution in [3.05, 3.63) is 42.2 Å². The summed E-state index contributed by atoms with van der Waals surface area (Å²) in [6.45, 7) is 2.04. The number of nitrogens with one attached hydrogen (secondary N) is 1. The molecule has 23 heavy (non-hydrogen) atoms. The highest BCUT2D eigenvalue weighted by Crippen LogP contribution is 2.36. The summed E-state index contributed by atoms with van der Waals surface area (Å²) < 4.78 is 13.9. The number of nitrogens with zero attached hydrogens (tertiary/aromatic N) is 2. The van der Waals surface area contributed by atoms with Crippen LogP contribution in [0.3, 0.4) is 0 Å². The number of thiazole rings is 1. The van der Waals surface area contributed by atoms with Gasteiger partial charge in [-0.05, 0) is 42.7 Å². The molecule has 2 aromatic heterocycles. The topological polar surface area (TPSA) is 54.9 Å². The largest absolute Gasteiger partial charge is 0.302 e. The number of hydrogen-bond donors (Lipinski definition) is 1. The number of pyridine rings is 1. The van der Waals surface area contributed by atoms with Crippen molar-refractivity contribution in [2.75, 3.05) is 5.32 Å². The van der Waals surface area contributed by atoms with Gasteiger partial charge < -0.3 is 5.32 Å². The lowest BCUT2D eigenvalue weighted by Crippen LogP contribution is -2.14. The van der Waals surface area contributed by atoms with Crippen LogP contribution in [0, 0.1) is 12.8 Å². The second-order valence-electron chi connectivity index (χ2n) is 5.74. The molecule has 1 fully saturated rings. The first-order valence-electron chi connectivity index (χ1n) is 7.38. The molecule has 1 aliphatic carbocycles. The summed E-state index contributed by atoms with van der Waals surface area (Å²) in [4.78, 5) is 20.4. The molecule has 116 valence electrons. The molecule has 2 atom stereocenters. The first kappa shape index (κ1) is 14.3. The second-order valence-corrected chi connectivity index (χ2v) is 6.77. The van der Waals surface area contributed by atoms with Crippen molar-refractivity contribution in [3.8, 4) is 11.1 Å². The summed E-state index contributed by atoms with van der Waals surface area (Å²) in [5.41, 5.74) is 4.12. The standard InChI is InChI=1S/C17H14FN3OS/c1-9-4-5-19-8-12(9)10-2-3-14-15(6-10)23-17(20-14)21-16(22)11-7-13(11)18/h2-6,8,11,13H,7H2,1H3,(H,20,21,22)/t11-,13-/m0/s1. The molecule has 1 amide bonds. The average Bonchev–Trinajstić information content (AvgIpc) is 3.13. The smallest absolute Gasteiger partial charge is 0.232 e. The van der Waals surface area contributed by atoms with E-state index < -0.39 is 12.1 Å². The fourth-order valence-corrected chi connectivity index (χ4v) is 3.45. The number of alkyl halides is 1. The predicted octanol–water partition coefficient (Wildman–Crippen LogP) is 3.96. The molecule has 1 aromatic carbocycles. The Morgan fingerprint density at radius 3 is 2.96 bits per heavy atom. The van der Waals surface area contributed by atoms with Crippen molar-refractivity contribution < 1.29 is 9.18 Å². The number of fused-ring (bicyclic) bond motifs is 1. The lowest BCUT2D eigenvalue weighted by Gasteiger charge is -2.04. The summed E-state index contributed by atoms with van der Waals surface area (Å²) in [5, 5.41) is 3.23. The average molecular weight is 327 g/mol. The normalized spacial score (nSPS) is 19.7. The van der Waals surface area contributed by atoms with E-state index in [1.807, 2.05) is 37.4 Å². The number of amides is 1. The van der Waals surface area contributed by atoms with Crippen LogP contribution in [0.5, 0.6) is 0 Å². The molecule has 4 rings (SSSR count). The zero-order chi connectivity index (χ0) is 16.0. The van der Waals surface area contributed by atoms with E-state index in [1.165, 1.54) is 11.3 Å². The highest BCUT2D eigenvalue weighted by Gasteiger charge is 2.43. The highest BCUT2D eigenvalue weighted by atomic mass is 32.1. The van der Waals surface area contributed by atoms with Gasteiger partial charge >= 0.3 is 0 Å². The molecule has 0 aliphatic heterocycles. The lowest BCUT2D eigenvalue weighted by atomic mass is 10.0. The quantitative estimate of drug-likeness (QED) is 0.792. The second kappa shape index (κ2) is 5.38. The van der Waals surface area contributed by atoms with Crippen LogP contribution in [0.15, 0.2) is 36.7 Å². The lowest BCUT2D eigenvalue weighted by molar-refractivity contribution is -0.117. The maximum atomic E-state index is 12.9. The number of aromatic nitrogens is 2. The molecule has 0 radical (unpaired) electrons. The van der Waals surface area contributed by atoms with Crippen molar-refractivity contribution in [1.82, 2.24) is 9.97 Å². The van der Waals surface area contributed by atoms with Gasteiger partial charge in [-0.15, -0.1) is 0 Å². The van der Waals surface area contributed by atoms with Gasteiger partial charge in [-0.3, -0.25) is 9.78 Å². The molecule has 1 saturated carbocycles. The Labute approximate surface area is 136 Å². The van der Waals surface area contributed by atoms with Crippen molar-refractivity contribution >= 4 is 32.6 Å². The zero-order valence-corrected chi connectivity index (χ0v) is 13.2. The van der Waals surface area contributed by atoms with Crippen molar-refractivity contribution in [1.29, 1.82) is 0 Å². The molecule has 0 unspecified atom stereocenters. The zero-order valence-electron chi connectivity index (χ0n) is 12.4. The first-order chi connectivity index (χ1) is 11.1. The van der Waals surface area contributed by atoms with Crippen LogP contribution < -0.4 is 5.32 Å². The van der Waals surface area contributed by atoms with E-state index in [-0.39, 0.29) is 5.91 Å². The number of anilines is 1. The Bertz CT molecular complexity index is 908. The third-order valence-electron chi connectivity index (χ3n) is 4.02. The van der Waals surface area contributed by atoms with Crippen molar-refractivity contribution in [2.45, 2.75) is 19.5 Å². The van der Waals surface area contributed by atoms with E-state index in [0.717, 1.165) is 26.9 Å². The number of rotatable bonds is 3. The van der Waals surface area contributed by atoms with E-state index in [4.69, 9.17) is 0 Å². The number of halogens is 1. The molecule has 1 N–H and O–H groups in total. The number of aryl methyl sites for hydroxylation is 1. The molecule has 0 saturated heterocycles. The Hall–Kier alpha value is -2.34. The number of carbonyl (C=O) groups excluding carboxylic acids is 1. The van der Waals surface area contributed by atoms with Crippen LogP contribution in [0.25, 0.3) is 21.3 Å². The van der Waals surface area contributed by atoms with Crippen LogP contribution in [0.1, 0.15) is 12.0 Å². The Morgan fingerprint density at radius 2 is 2.22 bits per heavy atom. The molecule has 0 spiro atoms.